The smallest absolute Gasteiger partial charge is 0.312 e. The largest absolute Gasteiger partial charge is 0.379 e. The molecule has 11 atom stereocenters. The number of amides is 11. The first-order valence-electron chi connectivity index (χ1n) is 35.7. The van der Waals surface area contributed by atoms with Crippen LogP contribution in [0.1, 0.15) is 112 Å². The van der Waals surface area contributed by atoms with Crippen molar-refractivity contribution < 1.29 is 71.6 Å². The van der Waals surface area contributed by atoms with Crippen LogP contribution in [0.2, 0.25) is 5.15 Å². The van der Waals surface area contributed by atoms with E-state index in [1.165, 1.54) is 20.5 Å². The number of methoxy groups -OCH3 is 2. The van der Waals surface area contributed by atoms with Crippen molar-refractivity contribution in [1.82, 2.24) is 56.6 Å². The predicted molar refractivity (Wildman–Crippen MR) is 395 cm³/mol. The maximum Gasteiger partial charge on any atom is 0.312 e. The van der Waals surface area contributed by atoms with Gasteiger partial charge in [0.05, 0.1) is 74.6 Å². The number of nitrogens with one attached hydrogen (secondary N) is 8. The Morgan fingerprint density at radius 2 is 1.29 bits per heavy atom. The molecule has 1 aliphatic heterocycles. The van der Waals surface area contributed by atoms with Crippen molar-refractivity contribution in [2.45, 2.75) is 168 Å². The van der Waals surface area contributed by atoms with Gasteiger partial charge in [0.15, 0.2) is 0 Å². The van der Waals surface area contributed by atoms with Crippen LogP contribution in [0.15, 0.2) is 79.1 Å². The number of ether oxygens (including phenoxy) is 5. The number of likely N-dealkylation sites (N-methyl/N-ethyl adjacent to an activating group) is 2. The monoisotopic (exact) mass is 1470 g/mol. The summed E-state index contributed by atoms with van der Waals surface area (Å²) in [5.41, 5.74) is 8.21. The average Bonchev–Trinajstić information content (AvgIpc) is 1.35. The zero-order chi connectivity index (χ0) is 76.7. The number of halogens is 1. The number of hydrogen-bond donors (Lipinski definition) is 9. The summed E-state index contributed by atoms with van der Waals surface area (Å²) >= 11 is 6.15. The third kappa shape index (κ3) is 26.9. The van der Waals surface area contributed by atoms with Gasteiger partial charge in [-0.2, -0.15) is 0 Å². The molecule has 574 valence electrons. The Bertz CT molecular complexity index is 3440. The van der Waals surface area contributed by atoms with Gasteiger partial charge in [0.1, 0.15) is 48.9 Å². The summed E-state index contributed by atoms with van der Waals surface area (Å²) < 4.78 is 28.6. The lowest BCUT2D eigenvalue weighted by molar-refractivity contribution is -0.148. The highest BCUT2D eigenvalue weighted by Crippen LogP contribution is 2.31. The molecule has 1 aromatic heterocycles. The van der Waals surface area contributed by atoms with E-state index in [1.54, 1.807) is 80.1 Å². The number of nitrogens with zero attached hydrogens (tertiary/aromatic N) is 5. The van der Waals surface area contributed by atoms with Crippen molar-refractivity contribution in [3.8, 4) is 0 Å². The third-order valence-electron chi connectivity index (χ3n) is 18.5. The SMILES string of the molecule is CC[C@H](C)[C@@H]([C@@H](CC(=O)N1CCC[C@H]1[C@H](OC)[C@@H](C)C(=O)N[C@@H](Cc1ccccc1)C(=O)NCc1ccc(NC(=O)[C@H](CCCNC(N)=O)NC(=O)[C@@H](NC(=O)COCCOCCOCC(=O)Nc2ccc3ncnc(Cl)c3c2)C(C)C)cc1)OC)N(C)C(=O)[C@@H](NC(=O)[C@H](C(C)C)N(C)C)C(C)C. The maximum absolute atomic E-state index is 14.7. The Labute approximate surface area is 616 Å². The number of fused-ring (bicyclic) bond motifs is 1. The molecule has 0 spiro atoms. The molecule has 3 aromatic carbocycles. The van der Waals surface area contributed by atoms with E-state index in [0.717, 1.165) is 5.56 Å². The number of carbonyl (C=O) groups is 10. The average molecular weight is 1470 g/mol. The van der Waals surface area contributed by atoms with E-state index in [9.17, 15) is 47.9 Å². The minimum Gasteiger partial charge on any atom is -0.379 e. The lowest BCUT2D eigenvalue weighted by atomic mass is 9.89. The molecule has 1 fully saturated rings. The van der Waals surface area contributed by atoms with Gasteiger partial charge in [-0.1, -0.05) is 123 Å². The van der Waals surface area contributed by atoms with Crippen molar-refractivity contribution in [3.63, 3.8) is 0 Å². The second kappa shape index (κ2) is 43.7. The molecule has 1 saturated heterocycles. The summed E-state index contributed by atoms with van der Waals surface area (Å²) in [4.78, 5) is 150. The first kappa shape index (κ1) is 86.2. The topological polar surface area (TPSA) is 375 Å². The summed E-state index contributed by atoms with van der Waals surface area (Å²) in [6.45, 7) is 17.2. The van der Waals surface area contributed by atoms with Crippen LogP contribution in [0.25, 0.3) is 10.9 Å². The summed E-state index contributed by atoms with van der Waals surface area (Å²) in [7, 11) is 8.39. The fourth-order valence-corrected chi connectivity index (χ4v) is 13.0. The number of primary amides is 1. The highest BCUT2D eigenvalue weighted by molar-refractivity contribution is 6.34. The van der Waals surface area contributed by atoms with E-state index in [1.807, 2.05) is 90.9 Å². The summed E-state index contributed by atoms with van der Waals surface area (Å²) in [6, 6.07) is 14.6. The molecule has 5 rings (SSSR count). The van der Waals surface area contributed by atoms with E-state index >= 15 is 0 Å². The van der Waals surface area contributed by atoms with E-state index in [2.05, 4.69) is 52.5 Å². The Hall–Kier alpha value is -8.45. The Kier molecular flexibility index (Phi) is 36.2. The van der Waals surface area contributed by atoms with Gasteiger partial charge in [-0.05, 0) is 105 Å². The fraction of sp³-hybridized carbons (Fsp3) is 0.595. The molecule has 0 unspecified atom stereocenters. The van der Waals surface area contributed by atoms with Gasteiger partial charge in [0, 0.05) is 64.1 Å². The number of carbonyl (C=O) groups excluding carboxylic acids is 10. The maximum atomic E-state index is 14.7. The van der Waals surface area contributed by atoms with Gasteiger partial charge in [0.25, 0.3) is 0 Å². The third-order valence-corrected chi connectivity index (χ3v) is 18.8. The van der Waals surface area contributed by atoms with Crippen molar-refractivity contribution >= 4 is 93.1 Å². The molecular weight excluding hydrogens is 1360 g/mol. The second-order valence-electron chi connectivity index (χ2n) is 27.6. The number of aromatic nitrogens is 2. The van der Waals surface area contributed by atoms with Crippen LogP contribution in [-0.2, 0) is 79.8 Å². The van der Waals surface area contributed by atoms with Gasteiger partial charge in [-0.15, -0.1) is 0 Å². The number of benzene rings is 3. The Morgan fingerprint density at radius 3 is 1.89 bits per heavy atom. The minimum absolute atomic E-state index is 0.00950. The molecule has 2 heterocycles. The number of hydrogen-bond acceptors (Lipinski definition) is 18. The van der Waals surface area contributed by atoms with Crippen molar-refractivity contribution in [2.24, 2.45) is 35.3 Å². The zero-order valence-corrected chi connectivity index (χ0v) is 63.5. The minimum atomic E-state index is -1.13. The number of likely N-dealkylation sites (tertiary alicyclic amines) is 1. The van der Waals surface area contributed by atoms with Crippen LogP contribution >= 0.6 is 11.6 Å². The van der Waals surface area contributed by atoms with Crippen LogP contribution in [0.5, 0.6) is 0 Å². The number of urea groups is 1. The van der Waals surface area contributed by atoms with Gasteiger partial charge < -0.3 is 81.8 Å². The molecule has 0 bridgehead atoms. The number of anilines is 2. The molecule has 0 saturated carbocycles. The normalized spacial score (nSPS) is 15.9. The van der Waals surface area contributed by atoms with Gasteiger partial charge in [-0.3, -0.25) is 48.1 Å². The molecule has 11 amide bonds. The predicted octanol–water partition coefficient (Wildman–Crippen LogP) is 4.98. The van der Waals surface area contributed by atoms with Gasteiger partial charge >= 0.3 is 6.03 Å². The van der Waals surface area contributed by atoms with E-state index < -0.39 is 109 Å². The molecular formula is C74H111ClN14O15. The van der Waals surface area contributed by atoms with E-state index in [0.29, 0.717) is 53.6 Å². The molecule has 0 aliphatic carbocycles. The first-order valence-corrected chi connectivity index (χ1v) is 36.0. The van der Waals surface area contributed by atoms with Gasteiger partial charge in [-0.25, -0.2) is 14.8 Å². The molecule has 1 aliphatic rings. The summed E-state index contributed by atoms with van der Waals surface area (Å²) in [5, 5.41) is 23.3. The standard InChI is InChI=1S/C74H111ClN14O15/c1-15-47(8)65(88(12)73(98)63(45(4)5)86-72(97)64(46(6)7)87(10)11)58(100-13)39-61(92)89-32-20-24-57(89)66(101-14)48(9)68(93)84-56(37-49-21-17-16-18-22-49)69(94)78-40-50-25-27-51(28-26-50)82-70(95)55(23-19-31-77-74(76)99)83-71(96)62(44(2)3)85-60(91)42-104-36-34-102-33-35-103-41-59(90)81-52-29-30-54-53(38-52)67(75)80-43-79-54/h16-18,21-22,25-30,38,43-48,55-58,62-66H,15,19-20,23-24,31-37,39-42H2,1-14H3,(H,78,94)(H,81,90)(H,82,95)(H,83,96)(H,84,93)(H,85,91)(H,86,97)(H3,76,77,99)/t47-,48+,55-,56-,57-,58+,62-,63-,64-,65-,66+/m0/s1. The van der Waals surface area contributed by atoms with Gasteiger partial charge in [0.2, 0.25) is 53.2 Å². The summed E-state index contributed by atoms with van der Waals surface area (Å²) in [5.74, 6) is -5.54. The van der Waals surface area contributed by atoms with Crippen molar-refractivity contribution in [2.75, 3.05) is 98.7 Å². The highest BCUT2D eigenvalue weighted by Gasteiger charge is 2.44. The Balaban J connectivity index is 1.15. The zero-order valence-electron chi connectivity index (χ0n) is 62.7. The van der Waals surface area contributed by atoms with Crippen LogP contribution in [-0.4, -0.2) is 226 Å². The molecule has 4 aromatic rings. The quantitative estimate of drug-likeness (QED) is 0.0208. The lowest BCUT2D eigenvalue weighted by Crippen LogP contribution is -2.59. The number of nitrogens with two attached hydrogens (primary N) is 1. The van der Waals surface area contributed by atoms with E-state index in [4.69, 9.17) is 41.0 Å². The lowest BCUT2D eigenvalue weighted by Gasteiger charge is -2.41. The van der Waals surface area contributed by atoms with Crippen LogP contribution < -0.4 is 48.3 Å². The molecule has 104 heavy (non-hydrogen) atoms. The van der Waals surface area contributed by atoms with E-state index in [-0.39, 0.29) is 118 Å². The number of rotatable bonds is 44. The summed E-state index contributed by atoms with van der Waals surface area (Å²) in [6.07, 6.45) is 2.10. The van der Waals surface area contributed by atoms with Crippen molar-refractivity contribution in [3.05, 3.63) is 95.4 Å². The van der Waals surface area contributed by atoms with Crippen LogP contribution in [0.3, 0.4) is 0 Å². The molecule has 30 heteroatoms. The highest BCUT2D eigenvalue weighted by atomic mass is 35.5. The first-order chi connectivity index (χ1) is 49.5. The van der Waals surface area contributed by atoms with Crippen LogP contribution in [0, 0.1) is 29.6 Å². The molecule has 0 radical (unpaired) electrons. The fourth-order valence-electron chi connectivity index (χ4n) is 12.8. The van der Waals surface area contributed by atoms with Crippen LogP contribution in [0.4, 0.5) is 16.2 Å². The second-order valence-corrected chi connectivity index (χ2v) is 27.9. The molecule has 29 nitrogen and oxygen atoms in total. The van der Waals surface area contributed by atoms with Crippen molar-refractivity contribution in [1.29, 1.82) is 0 Å². The molecule has 10 N–H and O–H groups in total. The Morgan fingerprint density at radius 1 is 0.654 bits per heavy atom.